The number of nitrogens with zero attached hydrogens (tertiary/aromatic N) is 3. The lowest BCUT2D eigenvalue weighted by atomic mass is 10.1. The average molecular weight is 605 g/mol. The van der Waals surface area contributed by atoms with E-state index < -0.39 is 15.9 Å². The van der Waals surface area contributed by atoms with Gasteiger partial charge in [0, 0.05) is 57.1 Å². The Morgan fingerprint density at radius 1 is 0.738 bits per heavy atom. The number of hydrogen-bond acceptors (Lipinski definition) is 10. The predicted molar refractivity (Wildman–Crippen MR) is 159 cm³/mol. The molecule has 3 saturated heterocycles. The molecule has 2 aromatic carbocycles. The molecule has 230 valence electrons. The van der Waals surface area contributed by atoms with Gasteiger partial charge in [-0.15, -0.1) is 0 Å². The average Bonchev–Trinajstić information content (AvgIpc) is 3.04. The van der Waals surface area contributed by atoms with Gasteiger partial charge in [0.15, 0.2) is 11.5 Å². The Morgan fingerprint density at radius 2 is 1.29 bits per heavy atom. The summed E-state index contributed by atoms with van der Waals surface area (Å²) >= 11 is 0. The van der Waals surface area contributed by atoms with Crippen LogP contribution in [0.25, 0.3) is 0 Å². The Labute approximate surface area is 247 Å². The number of rotatable bonds is 9. The molecule has 0 radical (unpaired) electrons. The van der Waals surface area contributed by atoms with E-state index in [1.54, 1.807) is 22.5 Å². The molecular formula is C29H40N4O8S. The van der Waals surface area contributed by atoms with Crippen LogP contribution in [0.15, 0.2) is 29.2 Å². The lowest BCUT2D eigenvalue weighted by Gasteiger charge is -2.36. The summed E-state index contributed by atoms with van der Waals surface area (Å²) in [6, 6.07) is 6.69. The van der Waals surface area contributed by atoms with Crippen molar-refractivity contribution in [2.75, 3.05) is 102 Å². The van der Waals surface area contributed by atoms with Gasteiger partial charge in [0.05, 0.1) is 64.7 Å². The Hall–Kier alpha value is -3.26. The zero-order valence-electron chi connectivity index (χ0n) is 24.5. The molecule has 13 heteroatoms. The lowest BCUT2D eigenvalue weighted by Crippen LogP contribution is -2.41. The standard InChI is InChI=1S/C29H40N4O8S/c1-37-25-17-21(18-26(38-2)28(25)39-3)30-29(34)22-19-27(42(35,36)33-7-5-4-6-8-33)24(32-11-15-41-16-12-32)20-23(22)31-9-13-40-14-10-31/h17-20H,4-16H2,1-3H3,(H,30,34). The van der Waals surface area contributed by atoms with Crippen LogP contribution < -0.4 is 29.3 Å². The van der Waals surface area contributed by atoms with Gasteiger partial charge in [-0.25, -0.2) is 8.42 Å². The number of amides is 1. The van der Waals surface area contributed by atoms with Gasteiger partial charge < -0.3 is 38.8 Å². The second-order valence-electron chi connectivity index (χ2n) is 10.4. The van der Waals surface area contributed by atoms with E-state index in [1.165, 1.54) is 21.3 Å². The van der Waals surface area contributed by atoms with Gasteiger partial charge in [-0.2, -0.15) is 4.31 Å². The molecule has 3 aliphatic heterocycles. The largest absolute Gasteiger partial charge is 0.493 e. The first-order valence-corrected chi connectivity index (χ1v) is 15.8. The van der Waals surface area contributed by atoms with Crippen LogP contribution in [0.5, 0.6) is 17.2 Å². The van der Waals surface area contributed by atoms with Gasteiger partial charge in [-0.05, 0) is 25.0 Å². The van der Waals surface area contributed by atoms with Crippen molar-refractivity contribution in [2.45, 2.75) is 24.2 Å². The fourth-order valence-electron chi connectivity index (χ4n) is 5.66. The number of anilines is 3. The summed E-state index contributed by atoms with van der Waals surface area (Å²) in [5, 5.41) is 2.94. The number of piperidine rings is 1. The van der Waals surface area contributed by atoms with Crippen LogP contribution >= 0.6 is 0 Å². The first kappa shape index (κ1) is 30.2. The van der Waals surface area contributed by atoms with Crippen molar-refractivity contribution in [1.29, 1.82) is 0 Å². The van der Waals surface area contributed by atoms with Gasteiger partial charge in [0.25, 0.3) is 5.91 Å². The third-order valence-corrected chi connectivity index (χ3v) is 9.81. The van der Waals surface area contributed by atoms with Crippen molar-refractivity contribution in [3.8, 4) is 17.2 Å². The van der Waals surface area contributed by atoms with Crippen molar-refractivity contribution in [2.24, 2.45) is 0 Å². The maximum Gasteiger partial charge on any atom is 0.257 e. The summed E-state index contributed by atoms with van der Waals surface area (Å²) in [4.78, 5) is 18.3. The van der Waals surface area contributed by atoms with Crippen LogP contribution in [0.1, 0.15) is 29.6 Å². The molecule has 1 amide bonds. The number of sulfonamides is 1. The van der Waals surface area contributed by atoms with Gasteiger partial charge in [-0.3, -0.25) is 4.79 Å². The van der Waals surface area contributed by atoms with E-state index in [2.05, 4.69) is 10.2 Å². The first-order valence-electron chi connectivity index (χ1n) is 14.3. The fraction of sp³-hybridized carbons (Fsp3) is 0.552. The Bertz CT molecular complexity index is 1340. The van der Waals surface area contributed by atoms with Crippen LogP contribution in [0, 0.1) is 0 Å². The number of carbonyl (C=O) groups is 1. The minimum Gasteiger partial charge on any atom is -0.493 e. The number of ether oxygens (including phenoxy) is 5. The summed E-state index contributed by atoms with van der Waals surface area (Å²) in [6.07, 6.45) is 2.62. The van der Waals surface area contributed by atoms with Crippen molar-refractivity contribution in [3.63, 3.8) is 0 Å². The molecule has 3 fully saturated rings. The number of morpholine rings is 2. The molecule has 5 rings (SSSR count). The molecule has 3 aliphatic rings. The molecule has 42 heavy (non-hydrogen) atoms. The van der Waals surface area contributed by atoms with Gasteiger partial charge >= 0.3 is 0 Å². The Kier molecular flexibility index (Phi) is 9.61. The number of methoxy groups -OCH3 is 3. The normalized spacial score (nSPS) is 18.5. The predicted octanol–water partition coefficient (Wildman–Crippen LogP) is 2.81. The summed E-state index contributed by atoms with van der Waals surface area (Å²) in [5.74, 6) is 0.722. The molecule has 0 atom stereocenters. The lowest BCUT2D eigenvalue weighted by molar-refractivity contribution is 0.102. The van der Waals surface area contributed by atoms with Crippen LogP contribution in [0.3, 0.4) is 0 Å². The van der Waals surface area contributed by atoms with E-state index in [0.29, 0.717) is 100 Å². The highest BCUT2D eigenvalue weighted by molar-refractivity contribution is 7.89. The smallest absolute Gasteiger partial charge is 0.257 e. The zero-order valence-corrected chi connectivity index (χ0v) is 25.3. The number of carbonyl (C=O) groups excluding carboxylic acids is 1. The molecule has 0 aromatic heterocycles. The molecule has 3 heterocycles. The first-order chi connectivity index (χ1) is 20.4. The maximum absolute atomic E-state index is 14.2. The van der Waals surface area contributed by atoms with E-state index in [9.17, 15) is 13.2 Å². The van der Waals surface area contributed by atoms with Crippen molar-refractivity contribution in [1.82, 2.24) is 4.31 Å². The van der Waals surface area contributed by atoms with Crippen molar-refractivity contribution >= 4 is 33.0 Å². The minimum atomic E-state index is -3.88. The highest BCUT2D eigenvalue weighted by Crippen LogP contribution is 2.41. The molecule has 12 nitrogen and oxygen atoms in total. The molecule has 0 bridgehead atoms. The maximum atomic E-state index is 14.2. The third-order valence-electron chi connectivity index (χ3n) is 7.88. The molecular weight excluding hydrogens is 564 g/mol. The summed E-state index contributed by atoms with van der Waals surface area (Å²) < 4.78 is 57.4. The molecule has 1 N–H and O–H groups in total. The molecule has 0 unspecified atom stereocenters. The van der Waals surface area contributed by atoms with Crippen molar-refractivity contribution < 1.29 is 36.9 Å². The molecule has 0 spiro atoms. The number of benzene rings is 2. The van der Waals surface area contributed by atoms with Gasteiger partial charge in [0.2, 0.25) is 15.8 Å². The second kappa shape index (κ2) is 13.4. The Balaban J connectivity index is 1.62. The zero-order chi connectivity index (χ0) is 29.7. The van der Waals surface area contributed by atoms with Crippen LogP contribution in [-0.4, -0.2) is 106 Å². The van der Waals surface area contributed by atoms with E-state index in [-0.39, 0.29) is 10.5 Å². The topological polar surface area (TPSA) is 119 Å². The van der Waals surface area contributed by atoms with E-state index in [1.807, 2.05) is 11.0 Å². The van der Waals surface area contributed by atoms with Crippen LogP contribution in [0.4, 0.5) is 17.1 Å². The molecule has 0 aliphatic carbocycles. The third kappa shape index (κ3) is 6.24. The van der Waals surface area contributed by atoms with Gasteiger partial charge in [0.1, 0.15) is 4.90 Å². The molecule has 2 aromatic rings. The van der Waals surface area contributed by atoms with E-state index in [0.717, 1.165) is 19.3 Å². The monoisotopic (exact) mass is 604 g/mol. The SMILES string of the molecule is COc1cc(NC(=O)c2cc(S(=O)(=O)N3CCCCC3)c(N3CCOCC3)cc2N2CCOCC2)cc(OC)c1OC. The van der Waals surface area contributed by atoms with Crippen LogP contribution in [-0.2, 0) is 19.5 Å². The second-order valence-corrected chi connectivity index (χ2v) is 12.3. The van der Waals surface area contributed by atoms with Crippen molar-refractivity contribution in [3.05, 3.63) is 29.8 Å². The summed E-state index contributed by atoms with van der Waals surface area (Å²) in [7, 11) is 0.633. The minimum absolute atomic E-state index is 0.137. The highest BCUT2D eigenvalue weighted by atomic mass is 32.2. The van der Waals surface area contributed by atoms with Gasteiger partial charge in [-0.1, -0.05) is 6.42 Å². The summed E-state index contributed by atoms with van der Waals surface area (Å²) in [6.45, 7) is 5.20. The Morgan fingerprint density at radius 3 is 1.81 bits per heavy atom. The highest BCUT2D eigenvalue weighted by Gasteiger charge is 2.34. The molecule has 0 saturated carbocycles. The fourth-order valence-corrected chi connectivity index (χ4v) is 7.40. The van der Waals surface area contributed by atoms with Crippen LogP contribution in [0.2, 0.25) is 0 Å². The van der Waals surface area contributed by atoms with E-state index in [4.69, 9.17) is 23.7 Å². The number of hydrogen-bond donors (Lipinski definition) is 1. The summed E-state index contributed by atoms with van der Waals surface area (Å²) in [5.41, 5.74) is 1.93. The van der Waals surface area contributed by atoms with E-state index >= 15 is 0 Å². The quantitative estimate of drug-likeness (QED) is 0.458. The number of nitrogens with one attached hydrogen (secondary N) is 1.